The first-order valence-electron chi connectivity index (χ1n) is 9.24. The normalized spacial score (nSPS) is 16.6. The smallest absolute Gasteiger partial charge is 0.229 e. The molecule has 1 unspecified atom stereocenters. The molecule has 144 valence electrons. The van der Waals surface area contributed by atoms with Gasteiger partial charge in [-0.3, -0.25) is 9.59 Å². The fourth-order valence-electron chi connectivity index (χ4n) is 3.64. The SMILES string of the molecule is COc1ccccc1CN1CC(C(=O)Nc2ccc3oc(C)cc3c2)CC1=O. The van der Waals surface area contributed by atoms with Crippen LogP contribution in [-0.4, -0.2) is 30.4 Å². The van der Waals surface area contributed by atoms with Crippen molar-refractivity contribution in [1.82, 2.24) is 4.90 Å². The lowest BCUT2D eigenvalue weighted by atomic mass is 10.1. The Bertz CT molecular complexity index is 1040. The predicted molar refractivity (Wildman–Crippen MR) is 106 cm³/mol. The molecule has 6 heteroatoms. The molecule has 1 N–H and O–H groups in total. The lowest BCUT2D eigenvalue weighted by molar-refractivity contribution is -0.128. The van der Waals surface area contributed by atoms with Crippen LogP contribution in [0.15, 0.2) is 52.9 Å². The Kier molecular flexibility index (Phi) is 4.77. The molecule has 1 fully saturated rings. The van der Waals surface area contributed by atoms with Gasteiger partial charge in [-0.05, 0) is 37.3 Å². The number of aryl methyl sites for hydroxylation is 1. The van der Waals surface area contributed by atoms with Gasteiger partial charge in [0.1, 0.15) is 17.1 Å². The zero-order chi connectivity index (χ0) is 19.7. The maximum absolute atomic E-state index is 12.7. The van der Waals surface area contributed by atoms with Crippen LogP contribution in [-0.2, 0) is 16.1 Å². The number of hydrogen-bond acceptors (Lipinski definition) is 4. The van der Waals surface area contributed by atoms with E-state index in [-0.39, 0.29) is 24.2 Å². The Hall–Kier alpha value is -3.28. The zero-order valence-corrected chi connectivity index (χ0v) is 15.9. The molecular formula is C22H22N2O4. The first-order chi connectivity index (χ1) is 13.5. The van der Waals surface area contributed by atoms with Gasteiger partial charge in [0.15, 0.2) is 0 Å². The Morgan fingerprint density at radius 2 is 2.07 bits per heavy atom. The molecule has 1 aliphatic heterocycles. The highest BCUT2D eigenvalue weighted by atomic mass is 16.5. The summed E-state index contributed by atoms with van der Waals surface area (Å²) >= 11 is 0. The molecule has 0 radical (unpaired) electrons. The second kappa shape index (κ2) is 7.38. The Balaban J connectivity index is 1.43. The fraction of sp³-hybridized carbons (Fsp3) is 0.273. The van der Waals surface area contributed by atoms with Crippen molar-refractivity contribution in [3.05, 3.63) is 59.9 Å². The van der Waals surface area contributed by atoms with E-state index in [1.807, 2.05) is 55.5 Å². The van der Waals surface area contributed by atoms with E-state index in [1.165, 1.54) is 0 Å². The van der Waals surface area contributed by atoms with E-state index in [0.717, 1.165) is 28.0 Å². The summed E-state index contributed by atoms with van der Waals surface area (Å²) in [7, 11) is 1.61. The number of para-hydroxylation sites is 1. The lowest BCUT2D eigenvalue weighted by Gasteiger charge is -2.18. The number of benzene rings is 2. The van der Waals surface area contributed by atoms with Crippen molar-refractivity contribution in [2.45, 2.75) is 19.9 Å². The van der Waals surface area contributed by atoms with Gasteiger partial charge in [0.05, 0.1) is 13.0 Å². The number of carbonyl (C=O) groups is 2. The highest BCUT2D eigenvalue weighted by Crippen LogP contribution is 2.27. The number of nitrogens with one attached hydrogen (secondary N) is 1. The summed E-state index contributed by atoms with van der Waals surface area (Å²) < 4.78 is 10.9. The Morgan fingerprint density at radius 1 is 1.25 bits per heavy atom. The van der Waals surface area contributed by atoms with Gasteiger partial charge >= 0.3 is 0 Å². The molecular weight excluding hydrogens is 356 g/mol. The van der Waals surface area contributed by atoms with Crippen LogP contribution in [0.5, 0.6) is 5.75 Å². The summed E-state index contributed by atoms with van der Waals surface area (Å²) in [5.74, 6) is 1.03. The Morgan fingerprint density at radius 3 is 2.89 bits per heavy atom. The third kappa shape index (κ3) is 3.58. The van der Waals surface area contributed by atoms with Gasteiger partial charge in [-0.15, -0.1) is 0 Å². The summed E-state index contributed by atoms with van der Waals surface area (Å²) in [5, 5.41) is 3.87. The van der Waals surface area contributed by atoms with Crippen LogP contribution in [0.25, 0.3) is 11.0 Å². The monoisotopic (exact) mass is 378 g/mol. The fourth-order valence-corrected chi connectivity index (χ4v) is 3.64. The molecule has 4 rings (SSSR count). The number of ether oxygens (including phenoxy) is 1. The van der Waals surface area contributed by atoms with Gasteiger partial charge in [-0.1, -0.05) is 18.2 Å². The molecule has 2 amide bonds. The third-order valence-corrected chi connectivity index (χ3v) is 5.05. The summed E-state index contributed by atoms with van der Waals surface area (Å²) in [6.07, 6.45) is 0.216. The Labute approximate surface area is 163 Å². The molecule has 2 heterocycles. The first-order valence-corrected chi connectivity index (χ1v) is 9.24. The topological polar surface area (TPSA) is 71.8 Å². The van der Waals surface area contributed by atoms with Gasteiger partial charge < -0.3 is 19.4 Å². The van der Waals surface area contributed by atoms with Gasteiger partial charge in [-0.25, -0.2) is 0 Å². The van der Waals surface area contributed by atoms with Crippen molar-refractivity contribution < 1.29 is 18.7 Å². The quantitative estimate of drug-likeness (QED) is 0.734. The number of likely N-dealkylation sites (tertiary alicyclic amines) is 1. The second-order valence-electron chi connectivity index (χ2n) is 7.09. The van der Waals surface area contributed by atoms with Gasteiger partial charge in [0, 0.05) is 36.1 Å². The van der Waals surface area contributed by atoms with Crippen LogP contribution in [0.3, 0.4) is 0 Å². The number of nitrogens with zero attached hydrogens (tertiary/aromatic N) is 1. The van der Waals surface area contributed by atoms with E-state index in [1.54, 1.807) is 12.0 Å². The number of furan rings is 1. The highest BCUT2D eigenvalue weighted by Gasteiger charge is 2.34. The third-order valence-electron chi connectivity index (χ3n) is 5.05. The van der Waals surface area contributed by atoms with Gasteiger partial charge in [0.2, 0.25) is 11.8 Å². The lowest BCUT2D eigenvalue weighted by Crippen LogP contribution is -2.28. The molecule has 0 bridgehead atoms. The molecule has 28 heavy (non-hydrogen) atoms. The van der Waals surface area contributed by atoms with Crippen LogP contribution >= 0.6 is 0 Å². The van der Waals surface area contributed by atoms with Crippen molar-refractivity contribution in [1.29, 1.82) is 0 Å². The molecule has 0 saturated carbocycles. The van der Waals surface area contributed by atoms with Crippen LogP contribution < -0.4 is 10.1 Å². The molecule has 1 aliphatic rings. The number of carbonyl (C=O) groups excluding carboxylic acids is 2. The minimum Gasteiger partial charge on any atom is -0.496 e. The standard InChI is InChI=1S/C22H22N2O4/c1-14-9-16-10-18(7-8-20(16)28-14)23-22(26)17-11-21(25)24(13-17)12-15-5-3-4-6-19(15)27-2/h3-10,17H,11-13H2,1-2H3,(H,23,26). The summed E-state index contributed by atoms with van der Waals surface area (Å²) in [4.78, 5) is 26.8. The predicted octanol–water partition coefficient (Wildman–Crippen LogP) is 3.74. The molecule has 2 aromatic carbocycles. The number of fused-ring (bicyclic) bond motifs is 1. The van der Waals surface area contributed by atoms with Crippen LogP contribution in [0.1, 0.15) is 17.7 Å². The average Bonchev–Trinajstić information content (AvgIpc) is 3.23. The van der Waals surface area contributed by atoms with E-state index in [4.69, 9.17) is 9.15 Å². The maximum atomic E-state index is 12.7. The van der Waals surface area contributed by atoms with Crippen molar-refractivity contribution in [2.24, 2.45) is 5.92 Å². The van der Waals surface area contributed by atoms with Crippen molar-refractivity contribution in [3.63, 3.8) is 0 Å². The number of methoxy groups -OCH3 is 1. The zero-order valence-electron chi connectivity index (χ0n) is 15.9. The molecule has 1 saturated heterocycles. The molecule has 6 nitrogen and oxygen atoms in total. The van der Waals surface area contributed by atoms with Gasteiger partial charge in [0.25, 0.3) is 0 Å². The summed E-state index contributed by atoms with van der Waals surface area (Å²) in [6, 6.07) is 15.1. The van der Waals surface area contributed by atoms with Crippen molar-refractivity contribution in [3.8, 4) is 5.75 Å². The molecule has 0 spiro atoms. The minimum atomic E-state index is -0.371. The highest BCUT2D eigenvalue weighted by molar-refractivity contribution is 5.98. The minimum absolute atomic E-state index is 0.0213. The maximum Gasteiger partial charge on any atom is 0.229 e. The number of amides is 2. The summed E-state index contributed by atoms with van der Waals surface area (Å²) in [6.45, 7) is 2.72. The average molecular weight is 378 g/mol. The van der Waals surface area contributed by atoms with E-state index in [2.05, 4.69) is 5.32 Å². The van der Waals surface area contributed by atoms with E-state index in [0.29, 0.717) is 18.8 Å². The molecule has 1 aromatic heterocycles. The van der Waals surface area contributed by atoms with Gasteiger partial charge in [-0.2, -0.15) is 0 Å². The van der Waals surface area contributed by atoms with Crippen LogP contribution in [0, 0.1) is 12.8 Å². The van der Waals surface area contributed by atoms with E-state index >= 15 is 0 Å². The molecule has 1 atom stereocenters. The van der Waals surface area contributed by atoms with E-state index < -0.39 is 0 Å². The van der Waals surface area contributed by atoms with Crippen LogP contribution in [0.4, 0.5) is 5.69 Å². The van der Waals surface area contributed by atoms with Crippen LogP contribution in [0.2, 0.25) is 0 Å². The summed E-state index contributed by atoms with van der Waals surface area (Å²) in [5.41, 5.74) is 2.42. The number of anilines is 1. The largest absolute Gasteiger partial charge is 0.496 e. The van der Waals surface area contributed by atoms with Crippen molar-refractivity contribution >= 4 is 28.5 Å². The van der Waals surface area contributed by atoms with E-state index in [9.17, 15) is 9.59 Å². The second-order valence-corrected chi connectivity index (χ2v) is 7.09. The first kappa shape index (κ1) is 18.1. The molecule has 0 aliphatic carbocycles. The van der Waals surface area contributed by atoms with Crippen molar-refractivity contribution in [2.75, 3.05) is 19.0 Å². The number of hydrogen-bond donors (Lipinski definition) is 1. The molecule has 3 aromatic rings. The number of rotatable bonds is 5.